The van der Waals surface area contributed by atoms with Gasteiger partial charge in [0.15, 0.2) is 0 Å². The van der Waals surface area contributed by atoms with E-state index in [9.17, 15) is 14.4 Å². The molecule has 0 bridgehead atoms. The maximum atomic E-state index is 11.7. The second-order valence-electron chi connectivity index (χ2n) is 4.51. The van der Waals surface area contributed by atoms with E-state index < -0.39 is 11.8 Å². The van der Waals surface area contributed by atoms with E-state index in [-0.39, 0.29) is 19.0 Å². The molecule has 0 aliphatic carbocycles. The van der Waals surface area contributed by atoms with Gasteiger partial charge in [-0.3, -0.25) is 14.4 Å². The summed E-state index contributed by atoms with van der Waals surface area (Å²) >= 11 is 0. The molecule has 0 unspecified atom stereocenters. The Labute approximate surface area is 117 Å². The Hall–Kier alpha value is -2.37. The summed E-state index contributed by atoms with van der Waals surface area (Å²) in [5.74, 6) is -1.63. The molecule has 1 aromatic carbocycles. The number of amides is 3. The van der Waals surface area contributed by atoms with Gasteiger partial charge in [0.25, 0.3) is 0 Å². The number of anilines is 1. The van der Waals surface area contributed by atoms with Crippen LogP contribution in [0.25, 0.3) is 0 Å². The van der Waals surface area contributed by atoms with Gasteiger partial charge in [-0.15, -0.1) is 0 Å². The number of aryl methyl sites for hydroxylation is 2. The Kier molecular flexibility index (Phi) is 5.71. The van der Waals surface area contributed by atoms with Gasteiger partial charge in [-0.1, -0.05) is 12.1 Å². The van der Waals surface area contributed by atoms with Gasteiger partial charge in [0.2, 0.25) is 5.91 Å². The summed E-state index contributed by atoms with van der Waals surface area (Å²) in [7, 11) is 0. The molecule has 0 fully saturated rings. The molecule has 0 spiro atoms. The van der Waals surface area contributed by atoms with E-state index in [1.807, 2.05) is 26.0 Å². The maximum absolute atomic E-state index is 11.7. The monoisotopic (exact) mass is 277 g/mol. The minimum atomic E-state index is -0.726. The molecule has 3 N–H and O–H groups in total. The predicted octanol–water partition coefficient (Wildman–Crippen LogP) is 0.494. The quantitative estimate of drug-likeness (QED) is 0.553. The van der Waals surface area contributed by atoms with Crippen LogP contribution in [0.5, 0.6) is 0 Å². The number of nitrogens with one attached hydrogen (secondary N) is 3. The van der Waals surface area contributed by atoms with Gasteiger partial charge >= 0.3 is 11.8 Å². The Morgan fingerprint density at radius 3 is 2.30 bits per heavy atom. The number of hydrogen-bond donors (Lipinski definition) is 3. The fraction of sp³-hybridized carbons (Fsp3) is 0.357. The van der Waals surface area contributed by atoms with Crippen LogP contribution in [0.4, 0.5) is 5.69 Å². The lowest BCUT2D eigenvalue weighted by molar-refractivity contribution is -0.136. The Balaban J connectivity index is 2.47. The molecule has 108 valence electrons. The van der Waals surface area contributed by atoms with Gasteiger partial charge in [-0.05, 0) is 31.0 Å². The summed E-state index contributed by atoms with van der Waals surface area (Å²) in [6, 6.07) is 5.61. The van der Waals surface area contributed by atoms with Crippen molar-refractivity contribution in [2.45, 2.75) is 20.8 Å². The summed E-state index contributed by atoms with van der Waals surface area (Å²) in [5.41, 5.74) is 2.50. The van der Waals surface area contributed by atoms with E-state index in [1.54, 1.807) is 6.07 Å². The number of carbonyl (C=O) groups excluding carboxylic acids is 3. The molecule has 0 aromatic heterocycles. The smallest absolute Gasteiger partial charge is 0.313 e. The lowest BCUT2D eigenvalue weighted by Crippen LogP contribution is -2.39. The first-order chi connectivity index (χ1) is 9.40. The van der Waals surface area contributed by atoms with Gasteiger partial charge in [0.05, 0.1) is 0 Å². The van der Waals surface area contributed by atoms with Gasteiger partial charge in [-0.25, -0.2) is 0 Å². The van der Waals surface area contributed by atoms with Crippen LogP contribution in [0.2, 0.25) is 0 Å². The third-order valence-corrected chi connectivity index (χ3v) is 2.63. The molecule has 0 heterocycles. The zero-order valence-corrected chi connectivity index (χ0v) is 11.9. The van der Waals surface area contributed by atoms with Crippen LogP contribution in [0.1, 0.15) is 18.1 Å². The third-order valence-electron chi connectivity index (χ3n) is 2.63. The summed E-state index contributed by atoms with van der Waals surface area (Å²) in [6.07, 6.45) is 0. The van der Waals surface area contributed by atoms with Crippen LogP contribution in [-0.2, 0) is 14.4 Å². The average Bonchev–Trinajstić information content (AvgIpc) is 2.38. The van der Waals surface area contributed by atoms with E-state index in [1.165, 1.54) is 6.92 Å². The summed E-state index contributed by atoms with van der Waals surface area (Å²) in [6.45, 7) is 5.64. The van der Waals surface area contributed by atoms with Crippen molar-refractivity contribution >= 4 is 23.4 Å². The second-order valence-corrected chi connectivity index (χ2v) is 4.51. The first-order valence-electron chi connectivity index (χ1n) is 6.31. The van der Waals surface area contributed by atoms with Gasteiger partial charge in [0.1, 0.15) is 0 Å². The molecule has 0 radical (unpaired) electrons. The second kappa shape index (κ2) is 7.28. The van der Waals surface area contributed by atoms with E-state index >= 15 is 0 Å². The zero-order valence-electron chi connectivity index (χ0n) is 11.9. The SMILES string of the molecule is CC(=O)NCCNC(=O)C(=O)Nc1cc(C)ccc1C. The molecule has 3 amide bonds. The van der Waals surface area contributed by atoms with Crippen LogP contribution in [0.3, 0.4) is 0 Å². The van der Waals surface area contributed by atoms with Gasteiger partial charge < -0.3 is 16.0 Å². The van der Waals surface area contributed by atoms with E-state index in [2.05, 4.69) is 16.0 Å². The maximum Gasteiger partial charge on any atom is 0.313 e. The molecule has 1 aromatic rings. The highest BCUT2D eigenvalue weighted by atomic mass is 16.2. The van der Waals surface area contributed by atoms with E-state index in [0.29, 0.717) is 5.69 Å². The van der Waals surface area contributed by atoms with Crippen LogP contribution in [-0.4, -0.2) is 30.8 Å². The molecular weight excluding hydrogens is 258 g/mol. The van der Waals surface area contributed by atoms with Crippen molar-refractivity contribution in [2.24, 2.45) is 0 Å². The minimum absolute atomic E-state index is 0.181. The first-order valence-corrected chi connectivity index (χ1v) is 6.31. The van der Waals surface area contributed by atoms with Crippen LogP contribution in [0.15, 0.2) is 18.2 Å². The molecule has 20 heavy (non-hydrogen) atoms. The minimum Gasteiger partial charge on any atom is -0.355 e. The fourth-order valence-corrected chi connectivity index (χ4v) is 1.54. The molecule has 1 rings (SSSR count). The Morgan fingerprint density at radius 2 is 1.65 bits per heavy atom. The molecule has 0 saturated carbocycles. The van der Waals surface area contributed by atoms with Crippen molar-refractivity contribution < 1.29 is 14.4 Å². The molecule has 6 nitrogen and oxygen atoms in total. The number of rotatable bonds is 4. The lowest BCUT2D eigenvalue weighted by atomic mass is 10.1. The third kappa shape index (κ3) is 5.09. The van der Waals surface area contributed by atoms with Crippen molar-refractivity contribution in [1.29, 1.82) is 0 Å². The molecular formula is C14H19N3O3. The number of hydrogen-bond acceptors (Lipinski definition) is 3. The number of carbonyl (C=O) groups is 3. The topological polar surface area (TPSA) is 87.3 Å². The predicted molar refractivity (Wildman–Crippen MR) is 76.2 cm³/mol. The first kappa shape index (κ1) is 15.7. The Bertz CT molecular complexity index is 526. The van der Waals surface area contributed by atoms with Crippen LogP contribution < -0.4 is 16.0 Å². The molecule has 0 atom stereocenters. The van der Waals surface area contributed by atoms with Crippen molar-refractivity contribution in [3.05, 3.63) is 29.3 Å². The van der Waals surface area contributed by atoms with Crippen molar-refractivity contribution in [2.75, 3.05) is 18.4 Å². The zero-order chi connectivity index (χ0) is 15.1. The molecule has 0 saturated heterocycles. The standard InChI is InChI=1S/C14H19N3O3/c1-9-4-5-10(2)12(8-9)17-14(20)13(19)16-7-6-15-11(3)18/h4-5,8H,6-7H2,1-3H3,(H,15,18)(H,16,19)(H,17,20). The van der Waals surface area contributed by atoms with E-state index in [4.69, 9.17) is 0 Å². The highest BCUT2D eigenvalue weighted by molar-refractivity contribution is 6.39. The highest BCUT2D eigenvalue weighted by Crippen LogP contribution is 2.15. The van der Waals surface area contributed by atoms with Crippen LogP contribution in [0, 0.1) is 13.8 Å². The Morgan fingerprint density at radius 1 is 1.00 bits per heavy atom. The van der Waals surface area contributed by atoms with Gasteiger partial charge in [-0.2, -0.15) is 0 Å². The summed E-state index contributed by atoms with van der Waals surface area (Å²) in [4.78, 5) is 33.9. The van der Waals surface area contributed by atoms with Crippen molar-refractivity contribution in [1.82, 2.24) is 10.6 Å². The van der Waals surface area contributed by atoms with E-state index in [0.717, 1.165) is 11.1 Å². The lowest BCUT2D eigenvalue weighted by Gasteiger charge is -2.09. The van der Waals surface area contributed by atoms with Crippen molar-refractivity contribution in [3.63, 3.8) is 0 Å². The average molecular weight is 277 g/mol. The number of benzene rings is 1. The van der Waals surface area contributed by atoms with Gasteiger partial charge in [0, 0.05) is 25.7 Å². The molecule has 0 aliphatic rings. The van der Waals surface area contributed by atoms with Crippen molar-refractivity contribution in [3.8, 4) is 0 Å². The van der Waals surface area contributed by atoms with Crippen LogP contribution >= 0.6 is 0 Å². The highest BCUT2D eigenvalue weighted by Gasteiger charge is 2.13. The normalized spacial score (nSPS) is 9.75. The largest absolute Gasteiger partial charge is 0.355 e. The fourth-order valence-electron chi connectivity index (χ4n) is 1.54. The molecule has 0 aliphatic heterocycles. The summed E-state index contributed by atoms with van der Waals surface area (Å²) < 4.78 is 0. The molecule has 6 heteroatoms. The summed E-state index contributed by atoms with van der Waals surface area (Å²) in [5, 5.41) is 7.51.